The van der Waals surface area contributed by atoms with Crippen molar-refractivity contribution in [2.24, 2.45) is 0 Å². The number of hydrogen-bond donors (Lipinski definition) is 1. The summed E-state index contributed by atoms with van der Waals surface area (Å²) in [7, 11) is 0. The van der Waals surface area contributed by atoms with Gasteiger partial charge in [-0.1, -0.05) is 60.6 Å². The molecule has 0 aliphatic rings. The maximum atomic E-state index is 6.14. The fourth-order valence-electron chi connectivity index (χ4n) is 2.86. The standard InChI is InChI=1S/C19H16ClN3OS/c1-2-14-15-10-13(20)8-9-16(15)21-17(14)18-22-23-19(24-18)25-11-12-6-4-3-5-7-12/h3-10,21H,2,11H2,1H3. The van der Waals surface area contributed by atoms with Crippen molar-refractivity contribution in [3.8, 4) is 11.6 Å². The minimum atomic E-state index is 0.514. The second-order valence-corrected chi connectivity index (χ2v) is 7.03. The van der Waals surface area contributed by atoms with Gasteiger partial charge in [-0.25, -0.2) is 0 Å². The van der Waals surface area contributed by atoms with Gasteiger partial charge in [0.2, 0.25) is 0 Å². The average molecular weight is 370 g/mol. The summed E-state index contributed by atoms with van der Waals surface area (Å²) in [4.78, 5) is 3.38. The van der Waals surface area contributed by atoms with E-state index < -0.39 is 0 Å². The van der Waals surface area contributed by atoms with Gasteiger partial charge in [-0.15, -0.1) is 10.2 Å². The summed E-state index contributed by atoms with van der Waals surface area (Å²) in [5.74, 6) is 1.31. The van der Waals surface area contributed by atoms with Crippen molar-refractivity contribution in [3.63, 3.8) is 0 Å². The Hall–Kier alpha value is -2.24. The van der Waals surface area contributed by atoms with Crippen molar-refractivity contribution < 1.29 is 4.42 Å². The highest BCUT2D eigenvalue weighted by atomic mass is 35.5. The Bertz CT molecular complexity index is 1010. The summed E-state index contributed by atoms with van der Waals surface area (Å²) in [6, 6.07) is 16.0. The molecule has 0 amide bonds. The van der Waals surface area contributed by atoms with Crippen molar-refractivity contribution in [3.05, 3.63) is 64.7 Å². The number of benzene rings is 2. The van der Waals surface area contributed by atoms with E-state index in [4.69, 9.17) is 16.0 Å². The highest BCUT2D eigenvalue weighted by molar-refractivity contribution is 7.98. The minimum Gasteiger partial charge on any atom is -0.410 e. The van der Waals surface area contributed by atoms with Crippen LogP contribution in [0, 0.1) is 0 Å². The van der Waals surface area contributed by atoms with Crippen LogP contribution < -0.4 is 0 Å². The van der Waals surface area contributed by atoms with Crippen molar-refractivity contribution in [2.75, 3.05) is 0 Å². The number of nitrogens with zero attached hydrogens (tertiary/aromatic N) is 2. The van der Waals surface area contributed by atoms with E-state index in [0.717, 1.165) is 39.4 Å². The first kappa shape index (κ1) is 16.2. The molecule has 0 aliphatic carbocycles. The summed E-state index contributed by atoms with van der Waals surface area (Å²) < 4.78 is 5.87. The molecule has 0 aliphatic heterocycles. The lowest BCUT2D eigenvalue weighted by Gasteiger charge is -1.98. The number of aromatic amines is 1. The Morgan fingerprint density at radius 1 is 1.12 bits per heavy atom. The van der Waals surface area contributed by atoms with Gasteiger partial charge in [0.15, 0.2) is 0 Å². The molecule has 0 bridgehead atoms. The molecule has 4 aromatic rings. The van der Waals surface area contributed by atoms with E-state index in [0.29, 0.717) is 11.1 Å². The van der Waals surface area contributed by atoms with Crippen LogP contribution in [0.15, 0.2) is 58.2 Å². The predicted molar refractivity (Wildman–Crippen MR) is 102 cm³/mol. The minimum absolute atomic E-state index is 0.514. The molecule has 6 heteroatoms. The molecule has 0 atom stereocenters. The maximum absolute atomic E-state index is 6.14. The second kappa shape index (κ2) is 6.94. The number of H-pyrrole nitrogens is 1. The van der Waals surface area contributed by atoms with Gasteiger partial charge < -0.3 is 9.40 Å². The van der Waals surface area contributed by atoms with Crippen molar-refractivity contribution in [1.29, 1.82) is 0 Å². The topological polar surface area (TPSA) is 54.7 Å². The number of hydrogen-bond acceptors (Lipinski definition) is 4. The summed E-state index contributed by atoms with van der Waals surface area (Å²) >= 11 is 7.67. The molecular formula is C19H16ClN3OS. The predicted octanol–water partition coefficient (Wildman–Crippen LogP) is 5.73. The van der Waals surface area contributed by atoms with E-state index in [9.17, 15) is 0 Å². The highest BCUT2D eigenvalue weighted by Crippen LogP contribution is 2.33. The Labute approximate surface area is 154 Å². The Morgan fingerprint density at radius 3 is 2.76 bits per heavy atom. The van der Waals surface area contributed by atoms with Crippen LogP contribution in [0.5, 0.6) is 0 Å². The van der Waals surface area contributed by atoms with Crippen molar-refractivity contribution >= 4 is 34.3 Å². The van der Waals surface area contributed by atoms with Crippen LogP contribution in [-0.4, -0.2) is 15.2 Å². The lowest BCUT2D eigenvalue weighted by Crippen LogP contribution is -1.84. The SMILES string of the molecule is CCc1c(-c2nnc(SCc3ccccc3)o2)[nH]c2ccc(Cl)cc12. The zero-order valence-corrected chi connectivity index (χ0v) is 15.2. The van der Waals surface area contributed by atoms with E-state index in [1.54, 1.807) is 0 Å². The monoisotopic (exact) mass is 369 g/mol. The first-order valence-electron chi connectivity index (χ1n) is 8.05. The van der Waals surface area contributed by atoms with Gasteiger partial charge in [-0.05, 0) is 35.7 Å². The summed E-state index contributed by atoms with van der Waals surface area (Å²) in [5, 5.41) is 10.8. The number of thioether (sulfide) groups is 1. The Morgan fingerprint density at radius 2 is 1.96 bits per heavy atom. The molecule has 2 aromatic heterocycles. The first-order chi connectivity index (χ1) is 12.2. The fraction of sp³-hybridized carbons (Fsp3) is 0.158. The summed E-state index contributed by atoms with van der Waals surface area (Å²) in [6.07, 6.45) is 0.852. The molecule has 1 N–H and O–H groups in total. The highest BCUT2D eigenvalue weighted by Gasteiger charge is 2.17. The normalized spacial score (nSPS) is 11.3. The number of halogens is 1. The van der Waals surface area contributed by atoms with Crippen LogP contribution >= 0.6 is 23.4 Å². The Kier molecular flexibility index (Phi) is 4.51. The van der Waals surface area contributed by atoms with Gasteiger partial charge in [0.1, 0.15) is 5.69 Å². The molecule has 2 aromatic carbocycles. The molecule has 0 saturated carbocycles. The third-order valence-corrected chi connectivity index (χ3v) is 5.17. The largest absolute Gasteiger partial charge is 0.410 e. The molecule has 0 fully saturated rings. The molecule has 0 unspecified atom stereocenters. The third-order valence-electron chi connectivity index (χ3n) is 4.05. The van der Waals surface area contributed by atoms with Gasteiger partial charge in [-0.3, -0.25) is 0 Å². The van der Waals surface area contributed by atoms with E-state index in [-0.39, 0.29) is 0 Å². The maximum Gasteiger partial charge on any atom is 0.277 e. The molecule has 0 radical (unpaired) electrons. The number of nitrogens with one attached hydrogen (secondary N) is 1. The number of rotatable bonds is 5. The van der Waals surface area contributed by atoms with Crippen LogP contribution in [-0.2, 0) is 12.2 Å². The molecule has 126 valence electrons. The Balaban J connectivity index is 1.62. The summed E-state index contributed by atoms with van der Waals surface area (Å²) in [6.45, 7) is 2.11. The lowest BCUT2D eigenvalue weighted by atomic mass is 10.1. The molecule has 4 rings (SSSR count). The summed E-state index contributed by atoms with van der Waals surface area (Å²) in [5.41, 5.74) is 4.26. The smallest absolute Gasteiger partial charge is 0.277 e. The molecule has 4 nitrogen and oxygen atoms in total. The fourth-order valence-corrected chi connectivity index (χ4v) is 3.75. The van der Waals surface area contributed by atoms with Crippen LogP contribution in [0.3, 0.4) is 0 Å². The van der Waals surface area contributed by atoms with E-state index in [1.165, 1.54) is 17.3 Å². The molecule has 0 spiro atoms. The van der Waals surface area contributed by atoms with Gasteiger partial charge in [0.25, 0.3) is 11.1 Å². The average Bonchev–Trinajstić information content (AvgIpc) is 3.24. The first-order valence-corrected chi connectivity index (χ1v) is 9.41. The molecule has 2 heterocycles. The zero-order valence-electron chi connectivity index (χ0n) is 13.6. The second-order valence-electron chi connectivity index (χ2n) is 5.67. The number of aryl methyl sites for hydroxylation is 1. The van der Waals surface area contributed by atoms with Gasteiger partial charge in [0.05, 0.1) is 0 Å². The van der Waals surface area contributed by atoms with Crippen LogP contribution in [0.1, 0.15) is 18.1 Å². The number of aromatic nitrogens is 3. The van der Waals surface area contributed by atoms with Gasteiger partial charge >= 0.3 is 0 Å². The number of fused-ring (bicyclic) bond motifs is 1. The molecular weight excluding hydrogens is 354 g/mol. The lowest BCUT2D eigenvalue weighted by molar-refractivity contribution is 0.464. The van der Waals surface area contributed by atoms with E-state index in [2.05, 4.69) is 34.2 Å². The van der Waals surface area contributed by atoms with E-state index >= 15 is 0 Å². The zero-order chi connectivity index (χ0) is 17.2. The molecule has 25 heavy (non-hydrogen) atoms. The van der Waals surface area contributed by atoms with Crippen LogP contribution in [0.2, 0.25) is 5.02 Å². The third kappa shape index (κ3) is 3.30. The van der Waals surface area contributed by atoms with Gasteiger partial charge in [-0.2, -0.15) is 0 Å². The van der Waals surface area contributed by atoms with Crippen molar-refractivity contribution in [1.82, 2.24) is 15.2 Å². The van der Waals surface area contributed by atoms with E-state index in [1.807, 2.05) is 36.4 Å². The van der Waals surface area contributed by atoms with Gasteiger partial charge in [0, 0.05) is 21.7 Å². The quantitative estimate of drug-likeness (QED) is 0.456. The molecule has 0 saturated heterocycles. The van der Waals surface area contributed by atoms with Crippen molar-refractivity contribution in [2.45, 2.75) is 24.3 Å². The van der Waals surface area contributed by atoms with Crippen LogP contribution in [0.4, 0.5) is 0 Å². The van der Waals surface area contributed by atoms with Crippen LogP contribution in [0.25, 0.3) is 22.5 Å².